The van der Waals surface area contributed by atoms with Gasteiger partial charge in [0.15, 0.2) is 6.23 Å². The molecule has 0 unspecified atom stereocenters. The number of aliphatic hydroxyl groups is 3. The van der Waals surface area contributed by atoms with Gasteiger partial charge in [-0.05, 0) is 6.92 Å². The van der Waals surface area contributed by atoms with Gasteiger partial charge in [-0.15, -0.1) is 0 Å². The third-order valence-corrected chi connectivity index (χ3v) is 2.66. The molecule has 94 valence electrons. The van der Waals surface area contributed by atoms with Crippen molar-refractivity contribution < 1.29 is 24.9 Å². The highest BCUT2D eigenvalue weighted by Crippen LogP contribution is 2.19. The summed E-state index contributed by atoms with van der Waals surface area (Å²) in [5.74, 6) is -0.519. The maximum atomic E-state index is 11.4. The van der Waals surface area contributed by atoms with E-state index in [1.165, 1.54) is 0 Å². The molecular formula is C10H19NO5. The van der Waals surface area contributed by atoms with Gasteiger partial charge in [0, 0.05) is 5.92 Å². The smallest absolute Gasteiger partial charge is 0.224 e. The van der Waals surface area contributed by atoms with Crippen molar-refractivity contribution in [3.63, 3.8) is 0 Å². The average molecular weight is 233 g/mol. The van der Waals surface area contributed by atoms with Crippen LogP contribution in [0.2, 0.25) is 0 Å². The highest BCUT2D eigenvalue weighted by Gasteiger charge is 2.42. The monoisotopic (exact) mass is 233 g/mol. The number of ether oxygens (including phenoxy) is 1. The van der Waals surface area contributed by atoms with Crippen LogP contribution in [0.15, 0.2) is 0 Å². The number of carbonyl (C=O) groups is 1. The Morgan fingerprint density at radius 1 is 1.19 bits per heavy atom. The number of amides is 1. The molecule has 1 aliphatic heterocycles. The van der Waals surface area contributed by atoms with Crippen LogP contribution < -0.4 is 5.32 Å². The van der Waals surface area contributed by atoms with Gasteiger partial charge in [-0.25, -0.2) is 0 Å². The van der Waals surface area contributed by atoms with E-state index in [9.17, 15) is 20.1 Å². The Bertz CT molecular complexity index is 258. The normalized spacial score (nSPS) is 39.8. The van der Waals surface area contributed by atoms with E-state index < -0.39 is 30.6 Å². The third-order valence-electron chi connectivity index (χ3n) is 2.66. The van der Waals surface area contributed by atoms with Gasteiger partial charge in [-0.2, -0.15) is 0 Å². The molecule has 6 heteroatoms. The summed E-state index contributed by atoms with van der Waals surface area (Å²) in [5, 5.41) is 31.0. The van der Waals surface area contributed by atoms with Gasteiger partial charge in [-0.1, -0.05) is 13.8 Å². The fourth-order valence-corrected chi connectivity index (χ4v) is 1.48. The van der Waals surface area contributed by atoms with Crippen molar-refractivity contribution >= 4 is 5.91 Å². The maximum Gasteiger partial charge on any atom is 0.224 e. The zero-order valence-electron chi connectivity index (χ0n) is 9.62. The second-order valence-corrected chi connectivity index (χ2v) is 4.40. The van der Waals surface area contributed by atoms with Gasteiger partial charge >= 0.3 is 0 Å². The quantitative estimate of drug-likeness (QED) is 0.469. The van der Waals surface area contributed by atoms with Crippen LogP contribution in [-0.2, 0) is 9.53 Å². The second kappa shape index (κ2) is 5.09. The summed E-state index contributed by atoms with van der Waals surface area (Å²) in [6.07, 6.45) is -5.42. The lowest BCUT2D eigenvalue weighted by molar-refractivity contribution is -0.224. The van der Waals surface area contributed by atoms with E-state index in [2.05, 4.69) is 5.32 Å². The summed E-state index contributed by atoms with van der Waals surface area (Å²) in [6.45, 7) is 4.98. The molecule has 1 fully saturated rings. The molecule has 1 saturated heterocycles. The van der Waals surface area contributed by atoms with Gasteiger partial charge in [-0.3, -0.25) is 4.79 Å². The van der Waals surface area contributed by atoms with Crippen molar-refractivity contribution in [3.05, 3.63) is 0 Å². The zero-order valence-corrected chi connectivity index (χ0v) is 9.62. The minimum atomic E-state index is -1.33. The summed E-state index contributed by atoms with van der Waals surface area (Å²) in [4.78, 5) is 11.4. The summed E-state index contributed by atoms with van der Waals surface area (Å²) in [6, 6.07) is 0. The molecule has 5 atom stereocenters. The predicted octanol–water partition coefficient (Wildman–Crippen LogP) is -1.41. The molecule has 4 N–H and O–H groups in total. The van der Waals surface area contributed by atoms with Crippen molar-refractivity contribution in [3.8, 4) is 0 Å². The molecule has 0 aromatic carbocycles. The first kappa shape index (κ1) is 13.4. The van der Waals surface area contributed by atoms with Gasteiger partial charge in [0.25, 0.3) is 0 Å². The lowest BCUT2D eigenvalue weighted by atomic mass is 9.99. The molecule has 1 aliphatic rings. The summed E-state index contributed by atoms with van der Waals surface area (Å²) in [5.41, 5.74) is 0. The zero-order chi connectivity index (χ0) is 12.5. The predicted molar refractivity (Wildman–Crippen MR) is 55.3 cm³/mol. The van der Waals surface area contributed by atoms with Crippen LogP contribution in [-0.4, -0.2) is 51.9 Å². The second-order valence-electron chi connectivity index (χ2n) is 4.40. The van der Waals surface area contributed by atoms with Crippen LogP contribution in [0.1, 0.15) is 20.8 Å². The van der Waals surface area contributed by atoms with E-state index in [0.717, 1.165) is 0 Å². The minimum absolute atomic E-state index is 0.241. The first-order chi connectivity index (χ1) is 7.34. The maximum absolute atomic E-state index is 11.4. The van der Waals surface area contributed by atoms with Crippen molar-refractivity contribution in [1.29, 1.82) is 0 Å². The molecule has 0 aromatic rings. The molecule has 16 heavy (non-hydrogen) atoms. The van der Waals surface area contributed by atoms with Crippen molar-refractivity contribution in [2.45, 2.75) is 51.4 Å². The number of hydrogen-bond donors (Lipinski definition) is 4. The molecule has 6 nitrogen and oxygen atoms in total. The van der Waals surface area contributed by atoms with E-state index in [-0.39, 0.29) is 11.8 Å². The molecule has 0 aliphatic carbocycles. The van der Waals surface area contributed by atoms with Crippen LogP contribution >= 0.6 is 0 Å². The molecular weight excluding hydrogens is 214 g/mol. The van der Waals surface area contributed by atoms with Crippen LogP contribution in [0, 0.1) is 5.92 Å². The fourth-order valence-electron chi connectivity index (χ4n) is 1.48. The number of rotatable bonds is 2. The molecule has 1 amide bonds. The Hall–Kier alpha value is -0.690. The van der Waals surface area contributed by atoms with Crippen LogP contribution in [0.4, 0.5) is 0 Å². The molecule has 0 radical (unpaired) electrons. The van der Waals surface area contributed by atoms with Crippen molar-refractivity contribution in [1.82, 2.24) is 5.32 Å². The van der Waals surface area contributed by atoms with E-state index >= 15 is 0 Å². The van der Waals surface area contributed by atoms with Crippen LogP contribution in [0.3, 0.4) is 0 Å². The van der Waals surface area contributed by atoms with Crippen LogP contribution in [0.25, 0.3) is 0 Å². The Kier molecular flexibility index (Phi) is 4.26. The number of hydrogen-bond acceptors (Lipinski definition) is 5. The topological polar surface area (TPSA) is 99.0 Å². The molecule has 0 spiro atoms. The lowest BCUT2D eigenvalue weighted by Crippen LogP contribution is -2.62. The van der Waals surface area contributed by atoms with E-state index in [1.54, 1.807) is 20.8 Å². The van der Waals surface area contributed by atoms with Crippen molar-refractivity contribution in [2.75, 3.05) is 0 Å². The summed E-state index contributed by atoms with van der Waals surface area (Å²) < 4.78 is 5.21. The van der Waals surface area contributed by atoms with E-state index in [4.69, 9.17) is 4.74 Å². The summed E-state index contributed by atoms with van der Waals surface area (Å²) in [7, 11) is 0. The highest BCUT2D eigenvalue weighted by molar-refractivity contribution is 5.78. The first-order valence-corrected chi connectivity index (χ1v) is 5.34. The Morgan fingerprint density at radius 2 is 1.75 bits per heavy atom. The minimum Gasteiger partial charge on any atom is -0.388 e. The molecule has 1 rings (SSSR count). The SMILES string of the molecule is CC(C)C(=O)N[C@H]1O[C@@H](C)[C@@H](O)[C@@H](O)[C@@H]1O. The number of carbonyl (C=O) groups excluding carboxylic acids is 1. The van der Waals surface area contributed by atoms with E-state index in [0.29, 0.717) is 0 Å². The Labute approximate surface area is 94.2 Å². The van der Waals surface area contributed by atoms with E-state index in [1.807, 2.05) is 0 Å². The molecule has 0 aromatic heterocycles. The average Bonchev–Trinajstić information content (AvgIpc) is 2.22. The summed E-state index contributed by atoms with van der Waals surface area (Å²) >= 11 is 0. The Morgan fingerprint density at radius 3 is 2.25 bits per heavy atom. The third kappa shape index (κ3) is 2.70. The van der Waals surface area contributed by atoms with Gasteiger partial charge in [0.05, 0.1) is 6.10 Å². The largest absolute Gasteiger partial charge is 0.388 e. The fraction of sp³-hybridized carbons (Fsp3) is 0.900. The molecule has 0 bridgehead atoms. The van der Waals surface area contributed by atoms with Gasteiger partial charge < -0.3 is 25.4 Å². The van der Waals surface area contributed by atoms with Crippen molar-refractivity contribution in [2.24, 2.45) is 5.92 Å². The molecule has 0 saturated carbocycles. The van der Waals surface area contributed by atoms with Gasteiger partial charge in [0.2, 0.25) is 5.91 Å². The number of aliphatic hydroxyl groups excluding tert-OH is 3. The van der Waals surface area contributed by atoms with Gasteiger partial charge in [0.1, 0.15) is 18.3 Å². The molecule has 1 heterocycles. The number of nitrogens with one attached hydrogen (secondary N) is 1. The standard InChI is InChI=1S/C10H19NO5/c1-4(2)9(15)11-10-8(14)7(13)6(12)5(3)16-10/h4-8,10,12-14H,1-3H3,(H,11,15)/t5-,6+,7+,8-,10-/m0/s1. The van der Waals surface area contributed by atoms with Crippen LogP contribution in [0.5, 0.6) is 0 Å². The lowest BCUT2D eigenvalue weighted by Gasteiger charge is -2.39. The Balaban J connectivity index is 2.64. The highest BCUT2D eigenvalue weighted by atomic mass is 16.5. The first-order valence-electron chi connectivity index (χ1n) is 5.34.